The summed E-state index contributed by atoms with van der Waals surface area (Å²) in [6.07, 6.45) is 6.73. The minimum absolute atomic E-state index is 0.313. The molecule has 0 radical (unpaired) electrons. The number of rotatable bonds is 4. The van der Waals surface area contributed by atoms with E-state index in [1.165, 1.54) is 22.0 Å². The Morgan fingerprint density at radius 2 is 2.05 bits per heavy atom. The molecule has 96 valence electrons. The van der Waals surface area contributed by atoms with E-state index in [9.17, 15) is 0 Å². The molecular weight excluding hydrogens is 234 g/mol. The van der Waals surface area contributed by atoms with Crippen LogP contribution < -0.4 is 5.73 Å². The van der Waals surface area contributed by atoms with Crippen LogP contribution in [0.5, 0.6) is 0 Å². The predicted octanol–water partition coefficient (Wildman–Crippen LogP) is 2.85. The van der Waals surface area contributed by atoms with Crippen LogP contribution in [0, 0.1) is 0 Å². The van der Waals surface area contributed by atoms with Crippen molar-refractivity contribution in [3.05, 3.63) is 66.1 Å². The van der Waals surface area contributed by atoms with Gasteiger partial charge in [-0.3, -0.25) is 4.98 Å². The second-order valence-electron chi connectivity index (χ2n) is 4.78. The number of para-hydroxylation sites is 1. The Bertz CT molecular complexity index is 658. The molecular formula is C16H17N3. The minimum Gasteiger partial charge on any atom is -0.361 e. The zero-order chi connectivity index (χ0) is 13.1. The summed E-state index contributed by atoms with van der Waals surface area (Å²) in [5.74, 6) is 0.313. The van der Waals surface area contributed by atoms with Crippen LogP contribution in [0.4, 0.5) is 0 Å². The number of aromatic amines is 1. The number of aromatic nitrogens is 2. The van der Waals surface area contributed by atoms with Gasteiger partial charge >= 0.3 is 0 Å². The quantitative estimate of drug-likeness (QED) is 0.749. The maximum atomic E-state index is 5.93. The second-order valence-corrected chi connectivity index (χ2v) is 4.78. The molecule has 0 aliphatic heterocycles. The van der Waals surface area contributed by atoms with Gasteiger partial charge in [-0.25, -0.2) is 0 Å². The van der Waals surface area contributed by atoms with Gasteiger partial charge in [-0.2, -0.15) is 0 Å². The van der Waals surface area contributed by atoms with Gasteiger partial charge in [0.1, 0.15) is 0 Å². The molecule has 0 saturated carbocycles. The topological polar surface area (TPSA) is 54.7 Å². The van der Waals surface area contributed by atoms with Crippen LogP contribution >= 0.6 is 0 Å². The molecule has 3 nitrogen and oxygen atoms in total. The first-order valence-electron chi connectivity index (χ1n) is 6.53. The molecule has 0 amide bonds. The van der Waals surface area contributed by atoms with Gasteiger partial charge < -0.3 is 10.7 Å². The molecule has 2 heterocycles. The maximum Gasteiger partial charge on any atom is 0.0456 e. The molecule has 0 saturated heterocycles. The van der Waals surface area contributed by atoms with Crippen LogP contribution in [0.2, 0.25) is 0 Å². The highest BCUT2D eigenvalue weighted by molar-refractivity contribution is 5.83. The van der Waals surface area contributed by atoms with Crippen molar-refractivity contribution in [2.24, 2.45) is 5.73 Å². The molecule has 3 aromatic rings. The van der Waals surface area contributed by atoms with Gasteiger partial charge in [-0.15, -0.1) is 0 Å². The SMILES string of the molecule is NCC(Cc1c[nH]c2ccccc12)c1cccnc1. The van der Waals surface area contributed by atoms with E-state index in [4.69, 9.17) is 5.73 Å². The zero-order valence-corrected chi connectivity index (χ0v) is 10.7. The number of benzene rings is 1. The number of hydrogen-bond acceptors (Lipinski definition) is 2. The van der Waals surface area contributed by atoms with Crippen molar-refractivity contribution < 1.29 is 0 Å². The molecule has 0 bridgehead atoms. The van der Waals surface area contributed by atoms with Gasteiger partial charge in [-0.05, 0) is 36.2 Å². The van der Waals surface area contributed by atoms with E-state index in [1.807, 2.05) is 18.3 Å². The first-order valence-corrected chi connectivity index (χ1v) is 6.53. The van der Waals surface area contributed by atoms with Crippen LogP contribution in [0.25, 0.3) is 10.9 Å². The Balaban J connectivity index is 1.91. The highest BCUT2D eigenvalue weighted by Gasteiger charge is 2.13. The lowest BCUT2D eigenvalue weighted by molar-refractivity contribution is 0.694. The summed E-state index contributed by atoms with van der Waals surface area (Å²) in [4.78, 5) is 7.49. The number of nitrogens with one attached hydrogen (secondary N) is 1. The zero-order valence-electron chi connectivity index (χ0n) is 10.7. The van der Waals surface area contributed by atoms with E-state index >= 15 is 0 Å². The van der Waals surface area contributed by atoms with Crippen molar-refractivity contribution in [1.82, 2.24) is 9.97 Å². The van der Waals surface area contributed by atoms with E-state index < -0.39 is 0 Å². The Labute approximate surface area is 112 Å². The normalized spacial score (nSPS) is 12.7. The fourth-order valence-electron chi connectivity index (χ4n) is 2.52. The number of pyridine rings is 1. The molecule has 1 unspecified atom stereocenters. The summed E-state index contributed by atoms with van der Waals surface area (Å²) < 4.78 is 0. The van der Waals surface area contributed by atoms with E-state index in [1.54, 1.807) is 6.20 Å². The van der Waals surface area contributed by atoms with Gasteiger partial charge in [0.2, 0.25) is 0 Å². The van der Waals surface area contributed by atoms with Crippen molar-refractivity contribution in [3.63, 3.8) is 0 Å². The Hall–Kier alpha value is -2.13. The van der Waals surface area contributed by atoms with Crippen LogP contribution in [0.3, 0.4) is 0 Å². The van der Waals surface area contributed by atoms with Crippen molar-refractivity contribution in [2.75, 3.05) is 6.54 Å². The van der Waals surface area contributed by atoms with Crippen molar-refractivity contribution in [3.8, 4) is 0 Å². The first-order chi connectivity index (χ1) is 9.38. The van der Waals surface area contributed by atoms with Crippen molar-refractivity contribution >= 4 is 10.9 Å². The van der Waals surface area contributed by atoms with Crippen LogP contribution in [0.1, 0.15) is 17.0 Å². The molecule has 19 heavy (non-hydrogen) atoms. The van der Waals surface area contributed by atoms with Crippen molar-refractivity contribution in [2.45, 2.75) is 12.3 Å². The number of fused-ring (bicyclic) bond motifs is 1. The fraction of sp³-hybridized carbons (Fsp3) is 0.188. The summed E-state index contributed by atoms with van der Waals surface area (Å²) in [6, 6.07) is 12.4. The number of nitrogens with zero attached hydrogens (tertiary/aromatic N) is 1. The Morgan fingerprint density at radius 3 is 2.84 bits per heavy atom. The molecule has 0 aliphatic rings. The lowest BCUT2D eigenvalue weighted by atomic mass is 9.93. The lowest BCUT2D eigenvalue weighted by Gasteiger charge is -2.14. The molecule has 3 rings (SSSR count). The molecule has 1 atom stereocenters. The van der Waals surface area contributed by atoms with Crippen molar-refractivity contribution in [1.29, 1.82) is 0 Å². The molecule has 2 aromatic heterocycles. The van der Waals surface area contributed by atoms with E-state index in [2.05, 4.69) is 40.4 Å². The third kappa shape index (κ3) is 2.37. The number of hydrogen-bond donors (Lipinski definition) is 2. The van der Waals surface area contributed by atoms with E-state index in [0.29, 0.717) is 12.5 Å². The monoisotopic (exact) mass is 251 g/mol. The Morgan fingerprint density at radius 1 is 1.16 bits per heavy atom. The molecule has 3 N–H and O–H groups in total. The van der Waals surface area contributed by atoms with Crippen LogP contribution in [0.15, 0.2) is 55.0 Å². The lowest BCUT2D eigenvalue weighted by Crippen LogP contribution is -2.15. The van der Waals surface area contributed by atoms with Gasteiger partial charge in [0, 0.05) is 35.4 Å². The molecule has 0 aliphatic carbocycles. The summed E-state index contributed by atoms with van der Waals surface area (Å²) in [7, 11) is 0. The van der Waals surface area contributed by atoms with Crippen LogP contribution in [-0.2, 0) is 6.42 Å². The van der Waals surface area contributed by atoms with Crippen LogP contribution in [-0.4, -0.2) is 16.5 Å². The largest absolute Gasteiger partial charge is 0.361 e. The minimum atomic E-state index is 0.313. The summed E-state index contributed by atoms with van der Waals surface area (Å²) >= 11 is 0. The highest BCUT2D eigenvalue weighted by Crippen LogP contribution is 2.24. The standard InChI is InChI=1S/C16H17N3/c17-9-13(12-4-3-7-18-10-12)8-14-11-19-16-6-2-1-5-15(14)16/h1-7,10-11,13,19H,8-9,17H2. The predicted molar refractivity (Wildman–Crippen MR) is 78.0 cm³/mol. The third-order valence-corrected chi connectivity index (χ3v) is 3.58. The maximum absolute atomic E-state index is 5.93. The van der Waals surface area contributed by atoms with Gasteiger partial charge in [-0.1, -0.05) is 24.3 Å². The summed E-state index contributed by atoms with van der Waals surface area (Å²) in [5.41, 5.74) is 9.63. The third-order valence-electron chi connectivity index (χ3n) is 3.58. The fourth-order valence-corrected chi connectivity index (χ4v) is 2.52. The smallest absolute Gasteiger partial charge is 0.0456 e. The summed E-state index contributed by atoms with van der Waals surface area (Å²) in [6.45, 7) is 0.630. The van der Waals surface area contributed by atoms with Gasteiger partial charge in [0.05, 0.1) is 0 Å². The first kappa shape index (κ1) is 11.9. The molecule has 1 aromatic carbocycles. The van der Waals surface area contributed by atoms with E-state index in [0.717, 1.165) is 6.42 Å². The van der Waals surface area contributed by atoms with Gasteiger partial charge in [0.15, 0.2) is 0 Å². The molecule has 3 heteroatoms. The summed E-state index contributed by atoms with van der Waals surface area (Å²) in [5, 5.41) is 1.28. The molecule has 0 spiro atoms. The highest BCUT2D eigenvalue weighted by atomic mass is 14.7. The number of nitrogens with two attached hydrogens (primary N) is 1. The number of H-pyrrole nitrogens is 1. The average Bonchev–Trinajstić information content (AvgIpc) is 2.89. The van der Waals surface area contributed by atoms with Gasteiger partial charge in [0.25, 0.3) is 0 Å². The van der Waals surface area contributed by atoms with E-state index in [-0.39, 0.29) is 0 Å². The Kier molecular flexibility index (Phi) is 3.29. The molecule has 0 fully saturated rings. The second kappa shape index (κ2) is 5.24. The average molecular weight is 251 g/mol.